The lowest BCUT2D eigenvalue weighted by Gasteiger charge is -2.36. The number of imidazole rings is 1. The fraction of sp³-hybridized carbons (Fsp3) is 0.467. The van der Waals surface area contributed by atoms with Crippen molar-refractivity contribution in [2.45, 2.75) is 23.9 Å². The van der Waals surface area contributed by atoms with Gasteiger partial charge in [-0.1, -0.05) is 6.07 Å². The third kappa shape index (κ3) is 3.23. The summed E-state index contributed by atoms with van der Waals surface area (Å²) in [6.45, 7) is 1.59. The van der Waals surface area contributed by atoms with Crippen LogP contribution in [0.5, 0.6) is 0 Å². The summed E-state index contributed by atoms with van der Waals surface area (Å²) in [5.41, 5.74) is 0. The molecule has 1 fully saturated rings. The molecule has 3 rings (SSSR count). The molecule has 23 heavy (non-hydrogen) atoms. The van der Waals surface area contributed by atoms with Gasteiger partial charge in [0.15, 0.2) is 5.03 Å². The lowest BCUT2D eigenvalue weighted by molar-refractivity contribution is 0.311. The second-order valence-electron chi connectivity index (χ2n) is 5.80. The van der Waals surface area contributed by atoms with Crippen molar-refractivity contribution in [1.82, 2.24) is 18.8 Å². The minimum Gasteiger partial charge on any atom is -0.357 e. The van der Waals surface area contributed by atoms with Crippen LogP contribution < -0.4 is 4.90 Å². The number of nitrogens with zero attached hydrogens (tertiary/aromatic N) is 5. The molecular formula is C15H21N5O2S. The molecule has 0 unspecified atom stereocenters. The van der Waals surface area contributed by atoms with Crippen LogP contribution in [0.1, 0.15) is 12.8 Å². The van der Waals surface area contributed by atoms with E-state index in [9.17, 15) is 8.42 Å². The molecule has 1 saturated heterocycles. The Morgan fingerprint density at radius 1 is 1.22 bits per heavy atom. The van der Waals surface area contributed by atoms with Crippen molar-refractivity contribution < 1.29 is 8.42 Å². The molecule has 0 saturated carbocycles. The summed E-state index contributed by atoms with van der Waals surface area (Å²) in [6, 6.07) is 5.83. The van der Waals surface area contributed by atoms with Crippen molar-refractivity contribution in [3.8, 4) is 0 Å². The maximum Gasteiger partial charge on any atom is 0.262 e. The predicted octanol–water partition coefficient (Wildman–Crippen LogP) is 1.10. The summed E-state index contributed by atoms with van der Waals surface area (Å²) >= 11 is 0. The molecule has 0 atom stereocenters. The van der Waals surface area contributed by atoms with Crippen LogP contribution in [0, 0.1) is 0 Å². The van der Waals surface area contributed by atoms with Gasteiger partial charge in [-0.2, -0.15) is 4.31 Å². The highest BCUT2D eigenvalue weighted by Gasteiger charge is 2.32. The molecular weight excluding hydrogens is 314 g/mol. The van der Waals surface area contributed by atoms with E-state index in [4.69, 9.17) is 0 Å². The number of hydrogen-bond acceptors (Lipinski definition) is 5. The van der Waals surface area contributed by atoms with Crippen molar-refractivity contribution in [2.75, 3.05) is 25.0 Å². The molecule has 7 nitrogen and oxygen atoms in total. The van der Waals surface area contributed by atoms with Gasteiger partial charge in [0.1, 0.15) is 5.82 Å². The zero-order valence-electron chi connectivity index (χ0n) is 13.3. The summed E-state index contributed by atoms with van der Waals surface area (Å²) in [4.78, 5) is 10.5. The highest BCUT2D eigenvalue weighted by molar-refractivity contribution is 7.89. The second-order valence-corrected chi connectivity index (χ2v) is 7.75. The van der Waals surface area contributed by atoms with Crippen LogP contribution in [0.4, 0.5) is 5.82 Å². The lowest BCUT2D eigenvalue weighted by Crippen LogP contribution is -2.45. The average Bonchev–Trinajstić information content (AvgIpc) is 3.02. The van der Waals surface area contributed by atoms with E-state index in [0.717, 1.165) is 31.7 Å². The van der Waals surface area contributed by atoms with Gasteiger partial charge in [0, 0.05) is 45.6 Å². The van der Waals surface area contributed by atoms with Crippen LogP contribution >= 0.6 is 0 Å². The number of sulfonamides is 1. The van der Waals surface area contributed by atoms with E-state index in [2.05, 4.69) is 14.9 Å². The van der Waals surface area contributed by atoms with E-state index in [1.807, 2.05) is 18.2 Å². The van der Waals surface area contributed by atoms with Gasteiger partial charge >= 0.3 is 0 Å². The van der Waals surface area contributed by atoms with Crippen LogP contribution in [0.25, 0.3) is 0 Å². The van der Waals surface area contributed by atoms with Gasteiger partial charge in [0.25, 0.3) is 10.0 Å². The Hall–Kier alpha value is -1.93. The molecule has 2 aromatic heterocycles. The minimum absolute atomic E-state index is 0.0121. The number of rotatable bonds is 4. The molecule has 0 radical (unpaired) electrons. The Morgan fingerprint density at radius 3 is 2.52 bits per heavy atom. The molecule has 0 N–H and O–H groups in total. The monoisotopic (exact) mass is 335 g/mol. The van der Waals surface area contributed by atoms with Gasteiger partial charge in [0.05, 0.1) is 6.33 Å². The molecule has 1 aliphatic heterocycles. The first-order chi connectivity index (χ1) is 11.0. The van der Waals surface area contributed by atoms with Crippen molar-refractivity contribution in [2.24, 2.45) is 7.05 Å². The van der Waals surface area contributed by atoms with Crippen molar-refractivity contribution in [3.63, 3.8) is 0 Å². The summed E-state index contributed by atoms with van der Waals surface area (Å²) in [5.74, 6) is 0.946. The van der Waals surface area contributed by atoms with E-state index in [0.29, 0.717) is 0 Å². The maximum atomic E-state index is 12.6. The van der Waals surface area contributed by atoms with Crippen LogP contribution in [-0.2, 0) is 17.1 Å². The van der Waals surface area contributed by atoms with E-state index < -0.39 is 10.0 Å². The van der Waals surface area contributed by atoms with Gasteiger partial charge in [-0.3, -0.25) is 0 Å². The fourth-order valence-electron chi connectivity index (χ4n) is 2.87. The van der Waals surface area contributed by atoms with Crippen LogP contribution in [0.2, 0.25) is 0 Å². The van der Waals surface area contributed by atoms with E-state index in [1.54, 1.807) is 24.9 Å². The molecule has 0 aliphatic carbocycles. The lowest BCUT2D eigenvalue weighted by atomic mass is 10.1. The molecule has 0 aromatic carbocycles. The van der Waals surface area contributed by atoms with Gasteiger partial charge in [-0.15, -0.1) is 0 Å². The average molecular weight is 335 g/mol. The molecule has 2 aromatic rings. The second kappa shape index (κ2) is 6.29. The highest BCUT2D eigenvalue weighted by atomic mass is 32.2. The van der Waals surface area contributed by atoms with Crippen molar-refractivity contribution in [3.05, 3.63) is 36.9 Å². The Balaban J connectivity index is 1.67. The number of aromatic nitrogens is 3. The van der Waals surface area contributed by atoms with Gasteiger partial charge in [0.2, 0.25) is 0 Å². The highest BCUT2D eigenvalue weighted by Crippen LogP contribution is 2.24. The molecule has 1 aliphatic rings. The number of pyridine rings is 1. The molecule has 8 heteroatoms. The fourth-order valence-corrected chi connectivity index (χ4v) is 4.24. The van der Waals surface area contributed by atoms with Gasteiger partial charge in [-0.05, 0) is 25.0 Å². The number of aryl methyl sites for hydroxylation is 1. The van der Waals surface area contributed by atoms with E-state index in [1.165, 1.54) is 16.8 Å². The first kappa shape index (κ1) is 15.9. The Labute approximate surface area is 136 Å². The first-order valence-electron chi connectivity index (χ1n) is 7.60. The standard InChI is InChI=1S/C15H21N5O2S/c1-18-11-15(17-12-18)23(21,22)19(2)13-6-9-20(10-7-13)14-5-3-4-8-16-14/h3-5,8,11-13H,6-7,9-10H2,1-2H3. The molecule has 0 amide bonds. The first-order valence-corrected chi connectivity index (χ1v) is 9.04. The third-order valence-corrected chi connectivity index (χ3v) is 6.07. The molecule has 0 spiro atoms. The van der Waals surface area contributed by atoms with Gasteiger partial charge < -0.3 is 9.47 Å². The topological polar surface area (TPSA) is 71.3 Å². The predicted molar refractivity (Wildman–Crippen MR) is 87.6 cm³/mol. The normalized spacial score (nSPS) is 16.9. The third-order valence-electron chi connectivity index (χ3n) is 4.28. The minimum atomic E-state index is -3.53. The largest absolute Gasteiger partial charge is 0.357 e. The number of anilines is 1. The summed E-state index contributed by atoms with van der Waals surface area (Å²) in [5, 5.41) is 0.106. The zero-order chi connectivity index (χ0) is 16.4. The van der Waals surface area contributed by atoms with E-state index in [-0.39, 0.29) is 11.1 Å². The maximum absolute atomic E-state index is 12.6. The van der Waals surface area contributed by atoms with Crippen molar-refractivity contribution in [1.29, 1.82) is 0 Å². The zero-order valence-corrected chi connectivity index (χ0v) is 14.1. The summed E-state index contributed by atoms with van der Waals surface area (Å²) in [7, 11) is -0.127. The van der Waals surface area contributed by atoms with E-state index >= 15 is 0 Å². The Bertz CT molecular complexity index is 751. The molecule has 124 valence electrons. The van der Waals surface area contributed by atoms with Crippen LogP contribution in [0.3, 0.4) is 0 Å². The quantitative estimate of drug-likeness (QED) is 0.837. The summed E-state index contributed by atoms with van der Waals surface area (Å²) < 4.78 is 28.3. The number of hydrogen-bond donors (Lipinski definition) is 0. The molecule has 3 heterocycles. The molecule has 0 bridgehead atoms. The van der Waals surface area contributed by atoms with Crippen molar-refractivity contribution >= 4 is 15.8 Å². The SMILES string of the molecule is CN(C1CCN(c2ccccn2)CC1)S(=O)(=O)c1cn(C)cn1. The van der Waals surface area contributed by atoms with Crippen LogP contribution in [-0.4, -0.2) is 53.4 Å². The van der Waals surface area contributed by atoms with Gasteiger partial charge in [-0.25, -0.2) is 18.4 Å². The Morgan fingerprint density at radius 2 is 1.96 bits per heavy atom. The Kier molecular flexibility index (Phi) is 4.36. The smallest absolute Gasteiger partial charge is 0.262 e. The summed E-state index contributed by atoms with van der Waals surface area (Å²) in [6.07, 6.45) is 6.37. The van der Waals surface area contributed by atoms with Crippen LogP contribution in [0.15, 0.2) is 41.9 Å². The number of piperidine rings is 1.